The van der Waals surface area contributed by atoms with Crippen LogP contribution in [0.1, 0.15) is 0 Å². The van der Waals surface area contributed by atoms with Gasteiger partial charge in [-0.1, -0.05) is 41.4 Å². The maximum absolute atomic E-state index is 12.4. The molecule has 0 aliphatic carbocycles. The van der Waals surface area contributed by atoms with Gasteiger partial charge in [-0.3, -0.25) is 0 Å². The van der Waals surface area contributed by atoms with E-state index in [4.69, 9.17) is 0 Å². The molecule has 24 heavy (non-hydrogen) atoms. The third-order valence-corrected chi connectivity index (χ3v) is 8.28. The van der Waals surface area contributed by atoms with Gasteiger partial charge in [0, 0.05) is 0 Å². The number of halogens is 12. The van der Waals surface area contributed by atoms with E-state index in [-0.39, 0.29) is 0 Å². The Morgan fingerprint density at radius 3 is 0.708 bits per heavy atom. The van der Waals surface area contributed by atoms with Crippen LogP contribution in [0.25, 0.3) is 11.1 Å². The average molecular weight is 452 g/mol. The van der Waals surface area contributed by atoms with Crippen LogP contribution in [0, 0.1) is 0 Å². The Bertz CT molecular complexity index is 603. The van der Waals surface area contributed by atoms with E-state index in [0.29, 0.717) is 0 Å². The molecule has 0 radical (unpaired) electrons. The van der Waals surface area contributed by atoms with Crippen LogP contribution >= 0.6 is 41.4 Å². The van der Waals surface area contributed by atoms with Crippen molar-refractivity contribution in [3.05, 3.63) is 7.69 Å². The summed E-state index contributed by atoms with van der Waals surface area (Å²) in [6.45, 7) is 0. The monoisotopic (exact) mass is 452 g/mol. The summed E-state index contributed by atoms with van der Waals surface area (Å²) in [5.74, 6) is 0. The first-order valence-corrected chi connectivity index (χ1v) is 9.22. The van der Waals surface area contributed by atoms with Crippen LogP contribution in [0.2, 0.25) is 0 Å². The van der Waals surface area contributed by atoms with Gasteiger partial charge in [0.2, 0.25) is 0 Å². The molecule has 0 saturated carbocycles. The van der Waals surface area contributed by atoms with Gasteiger partial charge in [-0.05, 0) is 0 Å². The van der Waals surface area contributed by atoms with E-state index in [1.54, 1.807) is 0 Å². The van der Waals surface area contributed by atoms with Gasteiger partial charge in [0.25, 0.3) is 0 Å². The molecule has 140 valence electrons. The van der Waals surface area contributed by atoms with Gasteiger partial charge >= 0.3 is 24.7 Å². The van der Waals surface area contributed by atoms with E-state index in [2.05, 4.69) is 0 Å². The zero-order chi connectivity index (χ0) is 19.1. The quantitative estimate of drug-likeness (QED) is 0.355. The van der Waals surface area contributed by atoms with E-state index in [1.165, 1.54) is 0 Å². The van der Waals surface area contributed by atoms with Crippen molar-refractivity contribution >= 4 is 52.5 Å². The van der Waals surface area contributed by atoms with Crippen molar-refractivity contribution < 1.29 is 52.7 Å². The summed E-state index contributed by atoms with van der Waals surface area (Å²) in [4.78, 5) is 0. The molecule has 0 bridgehead atoms. The standard InChI is InChI=1S/C8F12S4/c9-5(10,11)1(6(12,13)14)3-21-23-4(24-22-3)2(7(15,16)17)8(18,19)20. The maximum atomic E-state index is 12.4. The summed E-state index contributed by atoms with van der Waals surface area (Å²) in [6.07, 6.45) is -23.5. The minimum absolute atomic E-state index is 0.466. The molecule has 16 heteroatoms. The molecule has 0 aliphatic heterocycles. The van der Waals surface area contributed by atoms with E-state index < -0.39 is 84.9 Å². The van der Waals surface area contributed by atoms with Gasteiger partial charge in [-0.2, -0.15) is 52.7 Å². The minimum atomic E-state index is -5.87. The molecule has 0 atom stereocenters. The normalized spacial score (nSPS) is 13.8. The van der Waals surface area contributed by atoms with Crippen molar-refractivity contribution in [1.82, 2.24) is 0 Å². The third-order valence-electron chi connectivity index (χ3n) is 1.93. The molecule has 0 aliphatic rings. The van der Waals surface area contributed by atoms with Crippen molar-refractivity contribution in [3.8, 4) is 0 Å². The summed E-state index contributed by atoms with van der Waals surface area (Å²) in [5.41, 5.74) is -5.96. The molecule has 0 nitrogen and oxygen atoms in total. The molecule has 0 amide bonds. The largest absolute Gasteiger partial charge is 0.423 e. The lowest BCUT2D eigenvalue weighted by Crippen LogP contribution is -2.31. The Kier molecular flexibility index (Phi) is 6.00. The summed E-state index contributed by atoms with van der Waals surface area (Å²) in [5, 5.41) is 0. The third kappa shape index (κ3) is 5.26. The summed E-state index contributed by atoms with van der Waals surface area (Å²) >= 11 is 0. The summed E-state index contributed by atoms with van der Waals surface area (Å²) in [7, 11) is -1.86. The first-order chi connectivity index (χ1) is 10.5. The van der Waals surface area contributed by atoms with E-state index in [0.717, 1.165) is 0 Å². The molecule has 0 N–H and O–H groups in total. The first-order valence-electron chi connectivity index (χ1n) is 4.92. The molecule has 1 aromatic rings. The number of hydrogen-bond donors (Lipinski definition) is 0. The van der Waals surface area contributed by atoms with Crippen molar-refractivity contribution in [2.45, 2.75) is 24.7 Å². The highest BCUT2D eigenvalue weighted by Gasteiger charge is 2.53. The van der Waals surface area contributed by atoms with Crippen LogP contribution in [-0.4, -0.2) is 24.7 Å². The summed E-state index contributed by atoms with van der Waals surface area (Å²) < 4.78 is 146. The highest BCUT2D eigenvalue weighted by Crippen LogP contribution is 2.41. The molecule has 0 unspecified atom stereocenters. The van der Waals surface area contributed by atoms with Crippen LogP contribution in [-0.2, 0) is 0 Å². The highest BCUT2D eigenvalue weighted by molar-refractivity contribution is 7.81. The SMILES string of the molecule is FC(F)(F)C(=c1ssc(=C(C(F)(F)F)C(F)(F)F)ss1)C(F)(F)F. The van der Waals surface area contributed by atoms with Crippen LogP contribution in [0.4, 0.5) is 52.7 Å². The number of alkyl halides is 12. The molecular weight excluding hydrogens is 452 g/mol. The number of hydrogen-bond acceptors (Lipinski definition) is 4. The lowest BCUT2D eigenvalue weighted by Gasteiger charge is -2.14. The second-order valence-corrected chi connectivity index (χ2v) is 8.47. The lowest BCUT2D eigenvalue weighted by atomic mass is 10.3. The zero-order valence-corrected chi connectivity index (χ0v) is 13.4. The van der Waals surface area contributed by atoms with Crippen molar-refractivity contribution in [2.24, 2.45) is 0 Å². The molecule has 1 rings (SSSR count). The van der Waals surface area contributed by atoms with Gasteiger partial charge in [0.05, 0.1) is 0 Å². The molecule has 1 heterocycles. The lowest BCUT2D eigenvalue weighted by molar-refractivity contribution is -0.139. The zero-order valence-electron chi connectivity index (χ0n) is 10.2. The van der Waals surface area contributed by atoms with Crippen molar-refractivity contribution in [3.63, 3.8) is 0 Å². The molecular formula is C8F12S4. The summed E-state index contributed by atoms with van der Waals surface area (Å²) in [6, 6.07) is 0. The van der Waals surface area contributed by atoms with Crippen LogP contribution < -0.4 is 7.69 Å². The Labute approximate surface area is 138 Å². The minimum Gasteiger partial charge on any atom is -0.166 e. The Morgan fingerprint density at radius 1 is 0.417 bits per heavy atom. The van der Waals surface area contributed by atoms with Crippen molar-refractivity contribution in [1.29, 1.82) is 0 Å². The Morgan fingerprint density at radius 2 is 0.583 bits per heavy atom. The Hall–Kier alpha value is -0.480. The van der Waals surface area contributed by atoms with E-state index in [1.807, 2.05) is 0 Å². The van der Waals surface area contributed by atoms with Gasteiger partial charge in [-0.15, -0.1) is 0 Å². The Balaban J connectivity index is 3.83. The van der Waals surface area contributed by atoms with E-state index in [9.17, 15) is 52.7 Å². The smallest absolute Gasteiger partial charge is 0.166 e. The second-order valence-electron chi connectivity index (χ2n) is 3.65. The van der Waals surface area contributed by atoms with Gasteiger partial charge in [0.1, 0.15) is 7.69 Å². The van der Waals surface area contributed by atoms with Crippen LogP contribution in [0.5, 0.6) is 0 Å². The predicted octanol–water partition coefficient (Wildman–Crippen LogP) is 5.61. The fraction of sp³-hybridized carbons (Fsp3) is 0.500. The fourth-order valence-corrected chi connectivity index (χ4v) is 8.05. The number of rotatable bonds is 0. The maximum Gasteiger partial charge on any atom is 0.423 e. The second kappa shape index (κ2) is 6.68. The van der Waals surface area contributed by atoms with E-state index >= 15 is 0 Å². The average Bonchev–Trinajstić information content (AvgIpc) is 2.23. The van der Waals surface area contributed by atoms with Crippen LogP contribution in [0.15, 0.2) is 0 Å². The highest BCUT2D eigenvalue weighted by atomic mass is 32.9. The molecule has 0 fully saturated rings. The van der Waals surface area contributed by atoms with Gasteiger partial charge in [0.15, 0.2) is 11.1 Å². The molecule has 1 aromatic heterocycles. The van der Waals surface area contributed by atoms with Crippen LogP contribution in [0.3, 0.4) is 0 Å². The van der Waals surface area contributed by atoms with Gasteiger partial charge in [-0.25, -0.2) is 0 Å². The first kappa shape index (κ1) is 21.6. The molecule has 0 aromatic carbocycles. The molecule has 0 spiro atoms. The fourth-order valence-electron chi connectivity index (χ4n) is 1.13. The van der Waals surface area contributed by atoms with Crippen molar-refractivity contribution in [2.75, 3.05) is 0 Å². The topological polar surface area (TPSA) is 0 Å². The van der Waals surface area contributed by atoms with Gasteiger partial charge < -0.3 is 0 Å². The molecule has 0 saturated heterocycles. The predicted molar refractivity (Wildman–Crippen MR) is 65.9 cm³/mol.